The predicted octanol–water partition coefficient (Wildman–Crippen LogP) is 2.64. The van der Waals surface area contributed by atoms with Crippen LogP contribution in [0.2, 0.25) is 0 Å². The van der Waals surface area contributed by atoms with Gasteiger partial charge in [-0.05, 0) is 17.7 Å². The molecule has 2 aromatic rings. The standard InChI is InChI=1S/C15H14N2O/c16-15(18)6-3-4-12-7-9-13(10-8-12)14-5-1-2-11-17-14/h1-5,7-11H,6H2,(H2,16,18). The number of hydrogen-bond donors (Lipinski definition) is 1. The van der Waals surface area contributed by atoms with Crippen molar-refractivity contribution in [2.45, 2.75) is 6.42 Å². The molecule has 0 aliphatic rings. The molecule has 1 aromatic heterocycles. The first kappa shape index (κ1) is 12.0. The Morgan fingerprint density at radius 2 is 1.94 bits per heavy atom. The molecule has 3 heteroatoms. The number of benzene rings is 1. The van der Waals surface area contributed by atoms with E-state index in [-0.39, 0.29) is 12.3 Å². The van der Waals surface area contributed by atoms with Crippen LogP contribution in [-0.4, -0.2) is 10.9 Å². The zero-order valence-corrected chi connectivity index (χ0v) is 9.91. The van der Waals surface area contributed by atoms with E-state index < -0.39 is 0 Å². The van der Waals surface area contributed by atoms with Gasteiger partial charge in [0.25, 0.3) is 0 Å². The molecule has 0 saturated heterocycles. The summed E-state index contributed by atoms with van der Waals surface area (Å²) in [6, 6.07) is 13.8. The van der Waals surface area contributed by atoms with E-state index >= 15 is 0 Å². The van der Waals surface area contributed by atoms with Crippen molar-refractivity contribution in [3.05, 3.63) is 60.3 Å². The number of nitrogens with two attached hydrogens (primary N) is 1. The van der Waals surface area contributed by atoms with Crippen LogP contribution in [-0.2, 0) is 4.79 Å². The summed E-state index contributed by atoms with van der Waals surface area (Å²) >= 11 is 0. The first-order valence-electron chi connectivity index (χ1n) is 5.72. The SMILES string of the molecule is NC(=O)CC=Cc1ccc(-c2ccccn2)cc1. The van der Waals surface area contributed by atoms with Crippen molar-refractivity contribution in [1.82, 2.24) is 4.98 Å². The van der Waals surface area contributed by atoms with E-state index in [1.165, 1.54) is 0 Å². The van der Waals surface area contributed by atoms with Crippen LogP contribution in [0.25, 0.3) is 17.3 Å². The summed E-state index contributed by atoms with van der Waals surface area (Å²) in [7, 11) is 0. The van der Waals surface area contributed by atoms with Crippen molar-refractivity contribution in [2.24, 2.45) is 5.73 Å². The zero-order chi connectivity index (χ0) is 12.8. The Hall–Kier alpha value is -2.42. The number of hydrogen-bond acceptors (Lipinski definition) is 2. The fourth-order valence-corrected chi connectivity index (χ4v) is 1.61. The number of nitrogens with zero attached hydrogens (tertiary/aromatic N) is 1. The summed E-state index contributed by atoms with van der Waals surface area (Å²) in [5.74, 6) is -0.323. The molecule has 0 spiro atoms. The molecular formula is C15H14N2O. The lowest BCUT2D eigenvalue weighted by Crippen LogP contribution is -2.07. The molecule has 0 fully saturated rings. The third-order valence-electron chi connectivity index (χ3n) is 2.50. The summed E-state index contributed by atoms with van der Waals surface area (Å²) in [5, 5.41) is 0. The molecule has 0 saturated carbocycles. The van der Waals surface area contributed by atoms with Gasteiger partial charge < -0.3 is 5.73 Å². The van der Waals surface area contributed by atoms with Crippen LogP contribution in [0.15, 0.2) is 54.7 Å². The quantitative estimate of drug-likeness (QED) is 0.890. The Bertz CT molecular complexity index is 544. The molecular weight excluding hydrogens is 224 g/mol. The molecule has 0 aliphatic carbocycles. The summed E-state index contributed by atoms with van der Waals surface area (Å²) in [5.41, 5.74) is 8.12. The molecule has 1 amide bonds. The zero-order valence-electron chi connectivity index (χ0n) is 9.91. The number of pyridine rings is 1. The van der Waals surface area contributed by atoms with Gasteiger partial charge in [0.15, 0.2) is 0 Å². The maximum atomic E-state index is 10.6. The van der Waals surface area contributed by atoms with Crippen molar-refractivity contribution in [1.29, 1.82) is 0 Å². The molecule has 2 rings (SSSR count). The normalized spacial score (nSPS) is 10.7. The van der Waals surface area contributed by atoms with Crippen molar-refractivity contribution >= 4 is 12.0 Å². The third-order valence-corrected chi connectivity index (χ3v) is 2.50. The number of rotatable bonds is 4. The number of carbonyl (C=O) groups is 1. The van der Waals surface area contributed by atoms with E-state index in [0.29, 0.717) is 0 Å². The van der Waals surface area contributed by atoms with Gasteiger partial charge >= 0.3 is 0 Å². The van der Waals surface area contributed by atoms with E-state index in [9.17, 15) is 4.79 Å². The molecule has 1 aromatic carbocycles. The Morgan fingerprint density at radius 3 is 2.56 bits per heavy atom. The Balaban J connectivity index is 2.11. The minimum atomic E-state index is -0.323. The average molecular weight is 238 g/mol. The number of carbonyl (C=O) groups excluding carboxylic acids is 1. The molecule has 18 heavy (non-hydrogen) atoms. The van der Waals surface area contributed by atoms with E-state index in [1.54, 1.807) is 12.3 Å². The van der Waals surface area contributed by atoms with Crippen LogP contribution >= 0.6 is 0 Å². The lowest BCUT2D eigenvalue weighted by molar-refractivity contribution is -0.117. The van der Waals surface area contributed by atoms with Crippen LogP contribution in [0.3, 0.4) is 0 Å². The topological polar surface area (TPSA) is 56.0 Å². The van der Waals surface area contributed by atoms with Crippen molar-refractivity contribution in [3.63, 3.8) is 0 Å². The van der Waals surface area contributed by atoms with E-state index in [1.807, 2.05) is 48.5 Å². The van der Waals surface area contributed by atoms with E-state index in [4.69, 9.17) is 5.73 Å². The van der Waals surface area contributed by atoms with Gasteiger partial charge in [0.05, 0.1) is 5.69 Å². The lowest BCUT2D eigenvalue weighted by Gasteiger charge is -2.00. The summed E-state index contributed by atoms with van der Waals surface area (Å²) in [6.45, 7) is 0. The summed E-state index contributed by atoms with van der Waals surface area (Å²) in [4.78, 5) is 14.9. The molecule has 0 unspecified atom stereocenters. The number of aromatic nitrogens is 1. The Morgan fingerprint density at radius 1 is 1.17 bits per heavy atom. The van der Waals surface area contributed by atoms with Crippen LogP contribution in [0, 0.1) is 0 Å². The van der Waals surface area contributed by atoms with Gasteiger partial charge in [-0.3, -0.25) is 9.78 Å². The van der Waals surface area contributed by atoms with Crippen LogP contribution < -0.4 is 5.73 Å². The van der Waals surface area contributed by atoms with Crippen molar-refractivity contribution in [3.8, 4) is 11.3 Å². The Kier molecular flexibility index (Phi) is 3.86. The maximum absolute atomic E-state index is 10.6. The highest BCUT2D eigenvalue weighted by Crippen LogP contribution is 2.17. The van der Waals surface area contributed by atoms with Gasteiger partial charge in [-0.2, -0.15) is 0 Å². The third kappa shape index (κ3) is 3.28. The fourth-order valence-electron chi connectivity index (χ4n) is 1.61. The van der Waals surface area contributed by atoms with Crippen molar-refractivity contribution < 1.29 is 4.79 Å². The van der Waals surface area contributed by atoms with Crippen LogP contribution in [0.4, 0.5) is 0 Å². The molecule has 0 aliphatic heterocycles. The first-order chi connectivity index (χ1) is 8.75. The van der Waals surface area contributed by atoms with E-state index in [2.05, 4.69) is 4.98 Å². The van der Waals surface area contributed by atoms with Gasteiger partial charge in [-0.15, -0.1) is 0 Å². The van der Waals surface area contributed by atoms with Gasteiger partial charge in [0.2, 0.25) is 5.91 Å². The molecule has 3 nitrogen and oxygen atoms in total. The van der Waals surface area contributed by atoms with Gasteiger partial charge in [-0.1, -0.05) is 42.5 Å². The molecule has 0 bridgehead atoms. The van der Waals surface area contributed by atoms with E-state index in [0.717, 1.165) is 16.8 Å². The van der Waals surface area contributed by atoms with Gasteiger partial charge in [0, 0.05) is 18.2 Å². The minimum absolute atomic E-state index is 0.266. The lowest BCUT2D eigenvalue weighted by atomic mass is 10.1. The number of amides is 1. The molecule has 2 N–H and O–H groups in total. The summed E-state index contributed by atoms with van der Waals surface area (Å²) < 4.78 is 0. The highest BCUT2D eigenvalue weighted by Gasteiger charge is 1.97. The van der Waals surface area contributed by atoms with Gasteiger partial charge in [0.1, 0.15) is 0 Å². The second-order valence-electron chi connectivity index (χ2n) is 3.91. The highest BCUT2D eigenvalue weighted by atomic mass is 16.1. The fraction of sp³-hybridized carbons (Fsp3) is 0.0667. The van der Waals surface area contributed by atoms with Gasteiger partial charge in [-0.25, -0.2) is 0 Å². The molecule has 1 heterocycles. The summed E-state index contributed by atoms with van der Waals surface area (Å²) in [6.07, 6.45) is 5.68. The molecule has 0 radical (unpaired) electrons. The second-order valence-corrected chi connectivity index (χ2v) is 3.91. The monoisotopic (exact) mass is 238 g/mol. The largest absolute Gasteiger partial charge is 0.369 e. The minimum Gasteiger partial charge on any atom is -0.369 e. The predicted molar refractivity (Wildman–Crippen MR) is 72.5 cm³/mol. The molecule has 90 valence electrons. The van der Waals surface area contributed by atoms with Crippen LogP contribution in [0.5, 0.6) is 0 Å². The second kappa shape index (κ2) is 5.77. The van der Waals surface area contributed by atoms with Crippen LogP contribution in [0.1, 0.15) is 12.0 Å². The maximum Gasteiger partial charge on any atom is 0.221 e. The molecule has 0 atom stereocenters. The Labute approximate surface area is 106 Å². The average Bonchev–Trinajstić information content (AvgIpc) is 2.40. The van der Waals surface area contributed by atoms with Crippen molar-refractivity contribution in [2.75, 3.05) is 0 Å². The smallest absolute Gasteiger partial charge is 0.221 e. The number of primary amides is 1. The highest BCUT2D eigenvalue weighted by molar-refractivity contribution is 5.76. The first-order valence-corrected chi connectivity index (χ1v) is 5.72.